The van der Waals surface area contributed by atoms with E-state index in [9.17, 15) is 9.50 Å². The van der Waals surface area contributed by atoms with Crippen LogP contribution in [0.5, 0.6) is 0 Å². The molecule has 1 aromatic carbocycles. The number of rotatable bonds is 5. The predicted octanol–water partition coefficient (Wildman–Crippen LogP) is 1.27. The molecule has 0 saturated carbocycles. The molecule has 2 rings (SSSR count). The molecule has 4 unspecified atom stereocenters. The molecule has 1 heterocycles. The summed E-state index contributed by atoms with van der Waals surface area (Å²) in [6.07, 6.45) is -4.43. The lowest BCUT2D eigenvalue weighted by molar-refractivity contribution is -0.156. The zero-order chi connectivity index (χ0) is 13.0. The minimum absolute atomic E-state index is 0.0903. The molecule has 1 aliphatic heterocycles. The lowest BCUT2D eigenvalue weighted by Crippen LogP contribution is -2.31. The zero-order valence-corrected chi connectivity index (χ0v) is 10.2. The molecule has 0 amide bonds. The standard InChI is InChI=1S/C13H17FO4/c1-16-13-12(15)11(14)10(18-13)8-17-7-9-5-3-2-4-6-9/h2-6,10-13,15H,7-8H2,1H3. The van der Waals surface area contributed by atoms with Gasteiger partial charge in [-0.15, -0.1) is 0 Å². The molecule has 0 bridgehead atoms. The highest BCUT2D eigenvalue weighted by Crippen LogP contribution is 2.24. The largest absolute Gasteiger partial charge is 0.385 e. The Labute approximate surface area is 105 Å². The fourth-order valence-electron chi connectivity index (χ4n) is 1.89. The summed E-state index contributed by atoms with van der Waals surface area (Å²) in [6.45, 7) is 0.480. The molecule has 1 N–H and O–H groups in total. The first-order valence-corrected chi connectivity index (χ1v) is 5.84. The van der Waals surface area contributed by atoms with Crippen molar-refractivity contribution in [2.45, 2.75) is 31.3 Å². The Kier molecular flexibility index (Phi) is 4.66. The van der Waals surface area contributed by atoms with Crippen LogP contribution in [0.25, 0.3) is 0 Å². The third-order valence-corrected chi connectivity index (χ3v) is 2.90. The van der Waals surface area contributed by atoms with Crippen LogP contribution >= 0.6 is 0 Å². The molecule has 5 heteroatoms. The van der Waals surface area contributed by atoms with E-state index < -0.39 is 24.7 Å². The van der Waals surface area contributed by atoms with Gasteiger partial charge in [0.2, 0.25) is 0 Å². The van der Waals surface area contributed by atoms with Crippen molar-refractivity contribution in [3.63, 3.8) is 0 Å². The molecular formula is C13H17FO4. The molecule has 1 aliphatic rings. The molecule has 18 heavy (non-hydrogen) atoms. The van der Waals surface area contributed by atoms with Gasteiger partial charge in [-0.1, -0.05) is 30.3 Å². The van der Waals surface area contributed by atoms with Crippen molar-refractivity contribution in [2.75, 3.05) is 13.7 Å². The minimum atomic E-state index is -1.48. The molecule has 1 fully saturated rings. The second-order valence-corrected chi connectivity index (χ2v) is 4.21. The van der Waals surface area contributed by atoms with E-state index in [0.29, 0.717) is 6.61 Å². The van der Waals surface area contributed by atoms with Gasteiger partial charge in [-0.05, 0) is 5.56 Å². The maximum Gasteiger partial charge on any atom is 0.186 e. The zero-order valence-electron chi connectivity index (χ0n) is 10.2. The van der Waals surface area contributed by atoms with Crippen LogP contribution in [0.4, 0.5) is 4.39 Å². The van der Waals surface area contributed by atoms with Crippen LogP contribution in [0.1, 0.15) is 5.56 Å². The van der Waals surface area contributed by atoms with Gasteiger partial charge in [0.15, 0.2) is 12.5 Å². The molecule has 0 aromatic heterocycles. The second-order valence-electron chi connectivity index (χ2n) is 4.21. The van der Waals surface area contributed by atoms with Gasteiger partial charge in [-0.2, -0.15) is 0 Å². The average molecular weight is 256 g/mol. The molecule has 0 aliphatic carbocycles. The highest BCUT2D eigenvalue weighted by Gasteiger charge is 2.44. The normalized spacial score (nSPS) is 31.7. The van der Waals surface area contributed by atoms with E-state index in [0.717, 1.165) is 5.56 Å². The van der Waals surface area contributed by atoms with Crippen LogP contribution in [0.2, 0.25) is 0 Å². The maximum absolute atomic E-state index is 13.6. The Morgan fingerprint density at radius 1 is 1.33 bits per heavy atom. The SMILES string of the molecule is COC1OC(COCc2ccccc2)C(F)C1O. The van der Waals surface area contributed by atoms with Gasteiger partial charge < -0.3 is 19.3 Å². The second kappa shape index (κ2) is 6.24. The van der Waals surface area contributed by atoms with E-state index in [1.807, 2.05) is 30.3 Å². The summed E-state index contributed by atoms with van der Waals surface area (Å²) in [5, 5.41) is 9.46. The van der Waals surface area contributed by atoms with Crippen LogP contribution in [0.15, 0.2) is 30.3 Å². The minimum Gasteiger partial charge on any atom is -0.385 e. The van der Waals surface area contributed by atoms with E-state index >= 15 is 0 Å². The molecule has 4 nitrogen and oxygen atoms in total. The summed E-state index contributed by atoms with van der Waals surface area (Å²) in [4.78, 5) is 0. The van der Waals surface area contributed by atoms with E-state index in [1.165, 1.54) is 7.11 Å². The third-order valence-electron chi connectivity index (χ3n) is 2.90. The predicted molar refractivity (Wildman–Crippen MR) is 62.7 cm³/mol. The number of hydrogen-bond acceptors (Lipinski definition) is 4. The number of hydrogen-bond donors (Lipinski definition) is 1. The first kappa shape index (κ1) is 13.4. The van der Waals surface area contributed by atoms with Crippen molar-refractivity contribution in [1.29, 1.82) is 0 Å². The molecule has 100 valence electrons. The van der Waals surface area contributed by atoms with E-state index in [4.69, 9.17) is 14.2 Å². The summed E-state index contributed by atoms with van der Waals surface area (Å²) in [5.74, 6) is 0. The van der Waals surface area contributed by atoms with Crippen molar-refractivity contribution in [1.82, 2.24) is 0 Å². The number of aliphatic hydroxyl groups excluding tert-OH is 1. The van der Waals surface area contributed by atoms with Crippen molar-refractivity contribution < 1.29 is 23.7 Å². The molecule has 1 saturated heterocycles. The van der Waals surface area contributed by atoms with Crippen LogP contribution < -0.4 is 0 Å². The highest BCUT2D eigenvalue weighted by molar-refractivity contribution is 5.13. The van der Waals surface area contributed by atoms with Gasteiger partial charge in [0.25, 0.3) is 0 Å². The Balaban J connectivity index is 1.77. The Morgan fingerprint density at radius 3 is 2.67 bits per heavy atom. The Morgan fingerprint density at radius 2 is 2.06 bits per heavy atom. The van der Waals surface area contributed by atoms with Crippen LogP contribution in [-0.2, 0) is 20.8 Å². The summed E-state index contributed by atoms with van der Waals surface area (Å²) in [7, 11) is 1.37. The third kappa shape index (κ3) is 3.05. The molecular weight excluding hydrogens is 239 g/mol. The van der Waals surface area contributed by atoms with Crippen LogP contribution in [-0.4, -0.2) is 43.5 Å². The van der Waals surface area contributed by atoms with Gasteiger partial charge in [0.1, 0.15) is 12.2 Å². The molecule has 1 aromatic rings. The van der Waals surface area contributed by atoms with E-state index in [2.05, 4.69) is 0 Å². The summed E-state index contributed by atoms with van der Waals surface area (Å²) in [5.41, 5.74) is 1.01. The quantitative estimate of drug-likeness (QED) is 0.862. The first-order valence-electron chi connectivity index (χ1n) is 5.84. The van der Waals surface area contributed by atoms with Crippen molar-refractivity contribution >= 4 is 0 Å². The Bertz CT molecular complexity index is 359. The van der Waals surface area contributed by atoms with Gasteiger partial charge in [0.05, 0.1) is 13.2 Å². The van der Waals surface area contributed by atoms with Gasteiger partial charge in [-0.25, -0.2) is 4.39 Å². The van der Waals surface area contributed by atoms with E-state index in [-0.39, 0.29) is 6.61 Å². The number of halogens is 1. The molecule has 4 atom stereocenters. The van der Waals surface area contributed by atoms with Gasteiger partial charge >= 0.3 is 0 Å². The molecule has 0 radical (unpaired) electrons. The number of ether oxygens (including phenoxy) is 3. The topological polar surface area (TPSA) is 47.9 Å². The number of benzene rings is 1. The lowest BCUT2D eigenvalue weighted by Gasteiger charge is -2.13. The first-order chi connectivity index (χ1) is 8.72. The fraction of sp³-hybridized carbons (Fsp3) is 0.538. The summed E-state index contributed by atoms with van der Waals surface area (Å²) >= 11 is 0. The van der Waals surface area contributed by atoms with Crippen molar-refractivity contribution in [3.05, 3.63) is 35.9 Å². The highest BCUT2D eigenvalue weighted by atomic mass is 19.1. The monoisotopic (exact) mass is 256 g/mol. The van der Waals surface area contributed by atoms with Gasteiger partial charge in [-0.3, -0.25) is 0 Å². The number of alkyl halides is 1. The van der Waals surface area contributed by atoms with Gasteiger partial charge in [0, 0.05) is 7.11 Å². The van der Waals surface area contributed by atoms with Crippen LogP contribution in [0, 0.1) is 0 Å². The molecule has 0 spiro atoms. The lowest BCUT2D eigenvalue weighted by atomic mass is 10.2. The van der Waals surface area contributed by atoms with E-state index in [1.54, 1.807) is 0 Å². The smallest absolute Gasteiger partial charge is 0.186 e. The van der Waals surface area contributed by atoms with Crippen molar-refractivity contribution in [3.8, 4) is 0 Å². The number of methoxy groups -OCH3 is 1. The summed E-state index contributed by atoms with van der Waals surface area (Å²) < 4.78 is 29.0. The average Bonchev–Trinajstić information content (AvgIpc) is 2.68. The summed E-state index contributed by atoms with van der Waals surface area (Å²) in [6, 6.07) is 9.59. The van der Waals surface area contributed by atoms with Crippen LogP contribution in [0.3, 0.4) is 0 Å². The maximum atomic E-state index is 13.6. The Hall–Kier alpha value is -1.01. The number of aliphatic hydroxyl groups is 1. The fourth-order valence-corrected chi connectivity index (χ4v) is 1.89. The van der Waals surface area contributed by atoms with Crippen molar-refractivity contribution in [2.24, 2.45) is 0 Å².